The minimum Gasteiger partial charge on any atom is -0.312 e. The van der Waals surface area contributed by atoms with E-state index in [0.717, 1.165) is 23.7 Å². The number of carbonyl (C=O) groups is 1. The molecule has 0 atom stereocenters. The van der Waals surface area contributed by atoms with Crippen molar-refractivity contribution in [1.29, 1.82) is 0 Å². The van der Waals surface area contributed by atoms with Crippen molar-refractivity contribution in [2.45, 2.75) is 24.7 Å². The van der Waals surface area contributed by atoms with Gasteiger partial charge in [-0.15, -0.1) is 0 Å². The molecule has 0 spiro atoms. The van der Waals surface area contributed by atoms with Crippen molar-refractivity contribution in [1.82, 2.24) is 0 Å². The predicted molar refractivity (Wildman–Crippen MR) is 90.0 cm³/mol. The highest BCUT2D eigenvalue weighted by Gasteiger charge is 2.24. The summed E-state index contributed by atoms with van der Waals surface area (Å²) in [7, 11) is -4.01. The molecule has 3 rings (SSSR count). The first-order chi connectivity index (χ1) is 11.4. The number of nitrogens with one attached hydrogen (secondary N) is 1. The van der Waals surface area contributed by atoms with E-state index in [9.17, 15) is 17.6 Å². The summed E-state index contributed by atoms with van der Waals surface area (Å²) in [6, 6.07) is 10.1. The molecule has 0 saturated carbocycles. The Morgan fingerprint density at radius 2 is 1.92 bits per heavy atom. The summed E-state index contributed by atoms with van der Waals surface area (Å²) in [6.07, 6.45) is 1.35. The number of rotatable bonds is 4. The van der Waals surface area contributed by atoms with Crippen LogP contribution in [0.4, 0.5) is 15.8 Å². The van der Waals surface area contributed by atoms with Crippen molar-refractivity contribution >= 4 is 27.3 Å². The van der Waals surface area contributed by atoms with Gasteiger partial charge in [0.15, 0.2) is 0 Å². The summed E-state index contributed by atoms with van der Waals surface area (Å²) in [5.41, 5.74) is 1.87. The van der Waals surface area contributed by atoms with Crippen LogP contribution < -0.4 is 9.62 Å². The second-order valence-corrected chi connectivity index (χ2v) is 7.34. The molecule has 0 radical (unpaired) electrons. The third-order valence-electron chi connectivity index (χ3n) is 3.94. The van der Waals surface area contributed by atoms with Gasteiger partial charge in [0.25, 0.3) is 10.0 Å². The largest absolute Gasteiger partial charge is 0.312 e. The molecule has 0 bridgehead atoms. The molecule has 5 nitrogen and oxygen atoms in total. The van der Waals surface area contributed by atoms with Crippen molar-refractivity contribution in [3.05, 3.63) is 53.8 Å². The van der Waals surface area contributed by atoms with Crippen molar-refractivity contribution in [2.75, 3.05) is 16.2 Å². The van der Waals surface area contributed by atoms with Gasteiger partial charge < -0.3 is 4.90 Å². The molecule has 126 valence electrons. The van der Waals surface area contributed by atoms with E-state index in [0.29, 0.717) is 18.7 Å². The molecule has 1 aliphatic heterocycles. The highest BCUT2D eigenvalue weighted by molar-refractivity contribution is 7.92. The maximum Gasteiger partial charge on any atom is 0.264 e. The van der Waals surface area contributed by atoms with Gasteiger partial charge in [0.05, 0.1) is 0 Å². The molecule has 2 aromatic carbocycles. The second-order valence-electron chi connectivity index (χ2n) is 5.69. The monoisotopic (exact) mass is 348 g/mol. The Morgan fingerprint density at radius 1 is 1.17 bits per heavy atom. The Balaban J connectivity index is 1.87. The average Bonchev–Trinajstić information content (AvgIpc) is 2.93. The molecule has 1 saturated heterocycles. The van der Waals surface area contributed by atoms with Crippen LogP contribution in [0.2, 0.25) is 0 Å². The molecular formula is C17H17FN2O3S. The number of nitrogens with zero attached hydrogens (tertiary/aromatic N) is 1. The molecular weight excluding hydrogens is 331 g/mol. The number of hydrogen-bond donors (Lipinski definition) is 1. The van der Waals surface area contributed by atoms with Crippen LogP contribution in [-0.4, -0.2) is 20.9 Å². The van der Waals surface area contributed by atoms with E-state index >= 15 is 0 Å². The minimum atomic E-state index is -4.01. The van der Waals surface area contributed by atoms with E-state index in [4.69, 9.17) is 0 Å². The number of carbonyl (C=O) groups excluding carboxylic acids is 1. The lowest BCUT2D eigenvalue weighted by atomic mass is 10.1. The highest BCUT2D eigenvalue weighted by Crippen LogP contribution is 2.28. The van der Waals surface area contributed by atoms with Crippen molar-refractivity contribution in [3.8, 4) is 0 Å². The molecule has 2 aromatic rings. The Hall–Kier alpha value is -2.41. The van der Waals surface area contributed by atoms with Crippen LogP contribution in [0, 0.1) is 12.7 Å². The van der Waals surface area contributed by atoms with Crippen LogP contribution in [-0.2, 0) is 14.8 Å². The summed E-state index contributed by atoms with van der Waals surface area (Å²) < 4.78 is 40.7. The SMILES string of the molecule is Cc1cc(NS(=O)(=O)c2ccccc2F)ccc1N1CCCC1=O. The summed E-state index contributed by atoms with van der Waals surface area (Å²) in [5.74, 6) is -0.737. The summed E-state index contributed by atoms with van der Waals surface area (Å²) in [5, 5.41) is 0. The first-order valence-corrected chi connectivity index (χ1v) is 9.05. The molecule has 1 heterocycles. The lowest BCUT2D eigenvalue weighted by molar-refractivity contribution is -0.117. The Bertz CT molecular complexity index is 896. The quantitative estimate of drug-likeness (QED) is 0.923. The molecule has 0 aliphatic carbocycles. The fraction of sp³-hybridized carbons (Fsp3) is 0.235. The summed E-state index contributed by atoms with van der Waals surface area (Å²) in [4.78, 5) is 13.1. The number of sulfonamides is 1. The van der Waals surface area contributed by atoms with Crippen LogP contribution in [0.25, 0.3) is 0 Å². The van der Waals surface area contributed by atoms with E-state index in [2.05, 4.69) is 4.72 Å². The Labute approximate surface area is 140 Å². The zero-order chi connectivity index (χ0) is 17.3. The summed E-state index contributed by atoms with van der Waals surface area (Å²) in [6.45, 7) is 2.47. The fourth-order valence-electron chi connectivity index (χ4n) is 2.80. The van der Waals surface area contributed by atoms with Crippen molar-refractivity contribution < 1.29 is 17.6 Å². The van der Waals surface area contributed by atoms with Gasteiger partial charge in [-0.05, 0) is 49.2 Å². The number of anilines is 2. The van der Waals surface area contributed by atoms with E-state index in [-0.39, 0.29) is 5.91 Å². The second kappa shape index (κ2) is 6.24. The van der Waals surface area contributed by atoms with Gasteiger partial charge in [0.2, 0.25) is 5.91 Å². The predicted octanol–water partition coefficient (Wildman–Crippen LogP) is 3.06. The van der Waals surface area contributed by atoms with Gasteiger partial charge in [0, 0.05) is 24.3 Å². The zero-order valence-electron chi connectivity index (χ0n) is 13.1. The molecule has 1 aliphatic rings. The van der Waals surface area contributed by atoms with Gasteiger partial charge in [-0.2, -0.15) is 0 Å². The smallest absolute Gasteiger partial charge is 0.264 e. The number of aryl methyl sites for hydroxylation is 1. The highest BCUT2D eigenvalue weighted by atomic mass is 32.2. The molecule has 7 heteroatoms. The van der Waals surface area contributed by atoms with Crippen molar-refractivity contribution in [2.24, 2.45) is 0 Å². The fourth-order valence-corrected chi connectivity index (χ4v) is 3.93. The molecule has 1 N–H and O–H groups in total. The van der Waals surface area contributed by atoms with Crippen molar-refractivity contribution in [3.63, 3.8) is 0 Å². The first kappa shape index (κ1) is 16.4. The summed E-state index contributed by atoms with van der Waals surface area (Å²) >= 11 is 0. The van der Waals surface area contributed by atoms with E-state index in [1.807, 2.05) is 6.92 Å². The molecule has 1 fully saturated rings. The van der Waals surface area contributed by atoms with Gasteiger partial charge >= 0.3 is 0 Å². The van der Waals surface area contributed by atoms with E-state index in [1.165, 1.54) is 18.2 Å². The van der Waals surface area contributed by atoms with Crippen LogP contribution in [0.1, 0.15) is 18.4 Å². The van der Waals surface area contributed by atoms with E-state index in [1.54, 1.807) is 23.1 Å². The van der Waals surface area contributed by atoms with Gasteiger partial charge in [-0.25, -0.2) is 12.8 Å². The van der Waals surface area contributed by atoms with Crippen LogP contribution in [0.3, 0.4) is 0 Å². The molecule has 1 amide bonds. The molecule has 24 heavy (non-hydrogen) atoms. The number of benzene rings is 2. The third kappa shape index (κ3) is 3.12. The maximum absolute atomic E-state index is 13.7. The maximum atomic E-state index is 13.7. The van der Waals surface area contributed by atoms with Gasteiger partial charge in [-0.3, -0.25) is 9.52 Å². The topological polar surface area (TPSA) is 66.5 Å². The number of halogens is 1. The number of hydrogen-bond acceptors (Lipinski definition) is 3. The Kier molecular flexibility index (Phi) is 4.28. The van der Waals surface area contributed by atoms with Crippen LogP contribution in [0.5, 0.6) is 0 Å². The van der Waals surface area contributed by atoms with Crippen LogP contribution >= 0.6 is 0 Å². The lowest BCUT2D eigenvalue weighted by Gasteiger charge is -2.19. The number of amides is 1. The standard InChI is InChI=1S/C17H17FN2O3S/c1-12-11-13(8-9-15(12)20-10-4-7-17(20)21)19-24(22,23)16-6-3-2-5-14(16)18/h2-3,5-6,8-9,11,19H,4,7,10H2,1H3. The molecule has 0 aromatic heterocycles. The van der Waals surface area contributed by atoms with Gasteiger partial charge in [0.1, 0.15) is 10.7 Å². The zero-order valence-corrected chi connectivity index (χ0v) is 13.9. The minimum absolute atomic E-state index is 0.0674. The first-order valence-electron chi connectivity index (χ1n) is 7.57. The third-order valence-corrected chi connectivity index (χ3v) is 5.35. The van der Waals surface area contributed by atoms with E-state index < -0.39 is 20.7 Å². The molecule has 0 unspecified atom stereocenters. The normalized spacial score (nSPS) is 14.9. The van der Waals surface area contributed by atoms with Gasteiger partial charge in [-0.1, -0.05) is 12.1 Å². The lowest BCUT2D eigenvalue weighted by Crippen LogP contribution is -2.24. The Morgan fingerprint density at radius 3 is 2.54 bits per heavy atom. The van der Waals surface area contributed by atoms with Crippen LogP contribution in [0.15, 0.2) is 47.4 Å². The average molecular weight is 348 g/mol.